The van der Waals surface area contributed by atoms with Crippen LogP contribution >= 0.6 is 0 Å². The fourth-order valence-electron chi connectivity index (χ4n) is 2.53. The van der Waals surface area contributed by atoms with E-state index in [2.05, 4.69) is 24.1 Å². The summed E-state index contributed by atoms with van der Waals surface area (Å²) in [7, 11) is 0. The van der Waals surface area contributed by atoms with Crippen molar-refractivity contribution in [3.8, 4) is 0 Å². The van der Waals surface area contributed by atoms with Gasteiger partial charge in [0.1, 0.15) is 0 Å². The Bertz CT molecular complexity index is 217. The topological polar surface area (TPSA) is 33.7 Å². The molecule has 0 amide bonds. The van der Waals surface area contributed by atoms with Crippen molar-refractivity contribution in [1.29, 1.82) is 0 Å². The number of rotatable bonds is 5. The van der Waals surface area contributed by atoms with E-state index in [9.17, 15) is 0 Å². The smallest absolute Gasteiger partial charge is 0.0935 e. The molecule has 17 heavy (non-hydrogen) atoms. The molecule has 4 heteroatoms. The van der Waals surface area contributed by atoms with Crippen LogP contribution < -0.4 is 5.32 Å². The first-order valence-corrected chi connectivity index (χ1v) is 6.90. The number of hydrogen-bond acceptors (Lipinski definition) is 4. The SMILES string of the molecule is CC(C)N1CCOC(COCC2CCNC2)C1. The summed E-state index contributed by atoms with van der Waals surface area (Å²) >= 11 is 0. The highest BCUT2D eigenvalue weighted by Gasteiger charge is 2.23. The van der Waals surface area contributed by atoms with Gasteiger partial charge in [0, 0.05) is 25.7 Å². The molecule has 0 radical (unpaired) electrons. The van der Waals surface area contributed by atoms with E-state index >= 15 is 0 Å². The monoisotopic (exact) mass is 242 g/mol. The molecule has 0 aromatic heterocycles. The third kappa shape index (κ3) is 4.21. The summed E-state index contributed by atoms with van der Waals surface area (Å²) < 4.78 is 11.5. The molecule has 100 valence electrons. The molecule has 2 fully saturated rings. The van der Waals surface area contributed by atoms with Crippen LogP contribution in [0.15, 0.2) is 0 Å². The van der Waals surface area contributed by atoms with Crippen LogP contribution in [0.3, 0.4) is 0 Å². The largest absolute Gasteiger partial charge is 0.378 e. The predicted octanol–water partition coefficient (Wildman–Crippen LogP) is 0.722. The molecule has 2 aliphatic rings. The molecule has 0 bridgehead atoms. The third-order valence-electron chi connectivity index (χ3n) is 3.72. The maximum absolute atomic E-state index is 5.79. The minimum absolute atomic E-state index is 0.264. The maximum atomic E-state index is 5.79. The Kier molecular flexibility index (Phi) is 5.22. The molecule has 1 N–H and O–H groups in total. The Balaban J connectivity index is 1.61. The summed E-state index contributed by atoms with van der Waals surface area (Å²) in [4.78, 5) is 2.47. The van der Waals surface area contributed by atoms with Gasteiger partial charge in [0.15, 0.2) is 0 Å². The van der Waals surface area contributed by atoms with Crippen molar-refractivity contribution in [3.63, 3.8) is 0 Å². The van der Waals surface area contributed by atoms with Crippen LogP contribution in [0.25, 0.3) is 0 Å². The molecule has 2 saturated heterocycles. The second-order valence-corrected chi connectivity index (χ2v) is 5.48. The van der Waals surface area contributed by atoms with Gasteiger partial charge in [-0.3, -0.25) is 4.90 Å². The van der Waals surface area contributed by atoms with Gasteiger partial charge in [0.25, 0.3) is 0 Å². The van der Waals surface area contributed by atoms with Crippen molar-refractivity contribution >= 4 is 0 Å². The normalized spacial score (nSPS) is 31.2. The van der Waals surface area contributed by atoms with Gasteiger partial charge in [-0.15, -0.1) is 0 Å². The highest BCUT2D eigenvalue weighted by Crippen LogP contribution is 2.11. The van der Waals surface area contributed by atoms with Crippen molar-refractivity contribution in [3.05, 3.63) is 0 Å². The molecular weight excluding hydrogens is 216 g/mol. The molecule has 0 saturated carbocycles. The summed E-state index contributed by atoms with van der Waals surface area (Å²) in [5.74, 6) is 0.708. The molecule has 0 aliphatic carbocycles. The lowest BCUT2D eigenvalue weighted by molar-refractivity contribution is -0.0790. The molecule has 0 aromatic carbocycles. The van der Waals surface area contributed by atoms with Crippen molar-refractivity contribution in [1.82, 2.24) is 10.2 Å². The highest BCUT2D eigenvalue weighted by atomic mass is 16.5. The second kappa shape index (κ2) is 6.69. The van der Waals surface area contributed by atoms with E-state index in [1.54, 1.807) is 0 Å². The molecule has 2 aliphatic heterocycles. The zero-order chi connectivity index (χ0) is 12.1. The van der Waals surface area contributed by atoms with Crippen LogP contribution in [0.1, 0.15) is 20.3 Å². The van der Waals surface area contributed by atoms with E-state index in [4.69, 9.17) is 9.47 Å². The number of morpholine rings is 1. The first-order chi connectivity index (χ1) is 8.25. The van der Waals surface area contributed by atoms with E-state index in [1.807, 2.05) is 0 Å². The van der Waals surface area contributed by atoms with Crippen molar-refractivity contribution in [2.24, 2.45) is 5.92 Å². The molecule has 2 heterocycles. The first-order valence-electron chi connectivity index (χ1n) is 6.90. The number of nitrogens with zero attached hydrogens (tertiary/aromatic N) is 1. The molecular formula is C13H26N2O2. The minimum atomic E-state index is 0.264. The van der Waals surface area contributed by atoms with Crippen molar-refractivity contribution in [2.75, 3.05) is 46.0 Å². The highest BCUT2D eigenvalue weighted by molar-refractivity contribution is 4.75. The summed E-state index contributed by atoms with van der Waals surface area (Å²) in [6.07, 6.45) is 1.52. The Morgan fingerprint density at radius 3 is 3.00 bits per heavy atom. The molecule has 0 spiro atoms. The fraction of sp³-hybridized carbons (Fsp3) is 1.00. The summed E-state index contributed by atoms with van der Waals surface area (Å²) in [6, 6.07) is 0.612. The van der Waals surface area contributed by atoms with Crippen molar-refractivity contribution < 1.29 is 9.47 Å². The molecule has 2 rings (SSSR count). The minimum Gasteiger partial charge on any atom is -0.378 e. The fourth-order valence-corrected chi connectivity index (χ4v) is 2.53. The molecule has 0 aromatic rings. The van der Waals surface area contributed by atoms with Gasteiger partial charge in [-0.05, 0) is 32.7 Å². The van der Waals surface area contributed by atoms with Gasteiger partial charge < -0.3 is 14.8 Å². The Morgan fingerprint density at radius 1 is 1.41 bits per heavy atom. The lowest BCUT2D eigenvalue weighted by Crippen LogP contribution is -2.47. The van der Waals surface area contributed by atoms with E-state index < -0.39 is 0 Å². The molecule has 2 atom stereocenters. The quantitative estimate of drug-likeness (QED) is 0.770. The Morgan fingerprint density at radius 2 is 2.29 bits per heavy atom. The van der Waals surface area contributed by atoms with Gasteiger partial charge in [0.05, 0.1) is 25.9 Å². The summed E-state index contributed by atoms with van der Waals surface area (Å²) in [5, 5.41) is 3.36. The first kappa shape index (κ1) is 13.3. The zero-order valence-electron chi connectivity index (χ0n) is 11.2. The van der Waals surface area contributed by atoms with Gasteiger partial charge in [-0.2, -0.15) is 0 Å². The number of hydrogen-bond donors (Lipinski definition) is 1. The third-order valence-corrected chi connectivity index (χ3v) is 3.72. The predicted molar refractivity (Wildman–Crippen MR) is 68.2 cm³/mol. The van der Waals surface area contributed by atoms with E-state index in [0.29, 0.717) is 12.0 Å². The van der Waals surface area contributed by atoms with Gasteiger partial charge in [-0.1, -0.05) is 0 Å². The lowest BCUT2D eigenvalue weighted by Gasteiger charge is -2.35. The lowest BCUT2D eigenvalue weighted by atomic mass is 10.1. The summed E-state index contributed by atoms with van der Waals surface area (Å²) in [6.45, 7) is 11.3. The molecule has 4 nitrogen and oxygen atoms in total. The second-order valence-electron chi connectivity index (χ2n) is 5.48. The standard InChI is InChI=1S/C13H26N2O2/c1-11(2)15-5-6-17-13(8-15)10-16-9-12-3-4-14-7-12/h11-14H,3-10H2,1-2H3. The maximum Gasteiger partial charge on any atom is 0.0935 e. The van der Waals surface area contributed by atoms with E-state index in [-0.39, 0.29) is 6.10 Å². The van der Waals surface area contributed by atoms with Crippen LogP contribution in [0.4, 0.5) is 0 Å². The van der Waals surface area contributed by atoms with Crippen LogP contribution in [0.2, 0.25) is 0 Å². The van der Waals surface area contributed by atoms with E-state index in [1.165, 1.54) is 6.42 Å². The summed E-state index contributed by atoms with van der Waals surface area (Å²) in [5.41, 5.74) is 0. The average molecular weight is 242 g/mol. The van der Waals surface area contributed by atoms with Crippen LogP contribution in [0.5, 0.6) is 0 Å². The van der Waals surface area contributed by atoms with Gasteiger partial charge in [0.2, 0.25) is 0 Å². The van der Waals surface area contributed by atoms with Crippen LogP contribution in [-0.2, 0) is 9.47 Å². The number of ether oxygens (including phenoxy) is 2. The average Bonchev–Trinajstić information content (AvgIpc) is 2.82. The Hall–Kier alpha value is -0.160. The van der Waals surface area contributed by atoms with E-state index in [0.717, 1.165) is 46.0 Å². The van der Waals surface area contributed by atoms with Gasteiger partial charge >= 0.3 is 0 Å². The van der Waals surface area contributed by atoms with Gasteiger partial charge in [-0.25, -0.2) is 0 Å². The van der Waals surface area contributed by atoms with Crippen LogP contribution in [0, 0.1) is 5.92 Å². The van der Waals surface area contributed by atoms with Crippen molar-refractivity contribution in [2.45, 2.75) is 32.4 Å². The number of nitrogens with one attached hydrogen (secondary N) is 1. The zero-order valence-corrected chi connectivity index (χ0v) is 11.2. The molecule has 2 unspecified atom stereocenters. The van der Waals surface area contributed by atoms with Crippen LogP contribution in [-0.4, -0.2) is 63.0 Å². The Labute approximate surface area is 105 Å².